The third-order valence-electron chi connectivity index (χ3n) is 6.59. The lowest BCUT2D eigenvalue weighted by atomic mass is 10.1. The molecule has 0 heterocycles. The predicted molar refractivity (Wildman–Crippen MR) is 174 cm³/mol. The first-order chi connectivity index (χ1) is 21.0. The van der Waals surface area contributed by atoms with E-state index in [1.807, 2.05) is 85.8 Å². The Balaban J connectivity index is 1.38. The van der Waals surface area contributed by atoms with Crippen LogP contribution < -0.4 is 24.4 Å². The summed E-state index contributed by atoms with van der Waals surface area (Å²) in [5.41, 5.74) is 7.09. The monoisotopic (exact) mass is 644 g/mol. The number of unbranched alkanes of at least 4 members (excludes halogenated alkanes) is 1. The van der Waals surface area contributed by atoms with Crippen molar-refractivity contribution in [1.82, 2.24) is 5.43 Å². The molecule has 1 amide bonds. The maximum atomic E-state index is 12.5. The summed E-state index contributed by atoms with van der Waals surface area (Å²) in [7, 11) is 1.58. The van der Waals surface area contributed by atoms with Gasteiger partial charge in [-0.1, -0.05) is 61.9 Å². The number of nitrogens with zero attached hydrogens (tertiary/aromatic N) is 1. The summed E-state index contributed by atoms with van der Waals surface area (Å²) < 4.78 is 24.3. The zero-order valence-electron chi connectivity index (χ0n) is 24.8. The second-order valence-electron chi connectivity index (χ2n) is 9.81. The lowest BCUT2D eigenvalue weighted by Crippen LogP contribution is -2.17. The topological polar surface area (TPSA) is 78.4 Å². The van der Waals surface area contributed by atoms with Crippen LogP contribution in [0.15, 0.2) is 94.5 Å². The van der Waals surface area contributed by atoms with Crippen molar-refractivity contribution in [1.29, 1.82) is 0 Å². The number of hydrogen-bond donors (Lipinski definition) is 1. The van der Waals surface area contributed by atoms with Crippen LogP contribution in [-0.2, 0) is 19.6 Å². The smallest absolute Gasteiger partial charge is 0.271 e. The minimum absolute atomic E-state index is 0.271. The normalized spacial score (nSPS) is 10.9. The maximum Gasteiger partial charge on any atom is 0.271 e. The standard InChI is InChI=1S/C35H37BrN2O5/c1-4-6-10-25-13-16-29(17-14-25)35(39)38-37-22-28-19-30(36)34(33(21-28)40-3)43-24-27-15-18-31(32(20-27)41-5-2)42-23-26-11-8-7-9-12-26/h7-9,11-22H,4-6,10,23-24H2,1-3H3,(H,38,39)/b37-22+. The van der Waals surface area contributed by atoms with E-state index >= 15 is 0 Å². The first-order valence-electron chi connectivity index (χ1n) is 14.4. The molecule has 0 saturated carbocycles. The molecule has 7 nitrogen and oxygen atoms in total. The van der Waals surface area contributed by atoms with Gasteiger partial charge in [-0.05, 0) is 94.3 Å². The first-order valence-corrected chi connectivity index (χ1v) is 15.1. The van der Waals surface area contributed by atoms with Gasteiger partial charge < -0.3 is 18.9 Å². The molecule has 1 N–H and O–H groups in total. The fourth-order valence-electron chi connectivity index (χ4n) is 4.31. The number of carbonyl (C=O) groups is 1. The lowest BCUT2D eigenvalue weighted by Gasteiger charge is -2.16. The van der Waals surface area contributed by atoms with Crippen LogP contribution in [-0.4, -0.2) is 25.8 Å². The molecule has 0 radical (unpaired) electrons. The van der Waals surface area contributed by atoms with E-state index in [-0.39, 0.29) is 12.5 Å². The largest absolute Gasteiger partial charge is 0.493 e. The molecule has 0 atom stereocenters. The van der Waals surface area contributed by atoms with E-state index in [4.69, 9.17) is 18.9 Å². The van der Waals surface area contributed by atoms with Gasteiger partial charge in [-0.3, -0.25) is 4.79 Å². The van der Waals surface area contributed by atoms with Crippen molar-refractivity contribution in [3.05, 3.63) is 117 Å². The summed E-state index contributed by atoms with van der Waals surface area (Å²) in [5, 5.41) is 4.13. The fraction of sp³-hybridized carbons (Fsp3) is 0.257. The van der Waals surface area contributed by atoms with E-state index in [2.05, 4.69) is 33.4 Å². The predicted octanol–water partition coefficient (Wildman–Crippen LogP) is 8.12. The summed E-state index contributed by atoms with van der Waals surface area (Å²) in [6, 6.07) is 27.0. The van der Waals surface area contributed by atoms with Crippen LogP contribution in [0.5, 0.6) is 23.0 Å². The van der Waals surface area contributed by atoms with E-state index in [0.29, 0.717) is 46.2 Å². The van der Waals surface area contributed by atoms with Crippen molar-refractivity contribution in [2.24, 2.45) is 5.10 Å². The van der Waals surface area contributed by atoms with Crippen molar-refractivity contribution >= 4 is 28.1 Å². The van der Waals surface area contributed by atoms with Crippen LogP contribution in [0, 0.1) is 0 Å². The average Bonchev–Trinajstić information content (AvgIpc) is 3.03. The third kappa shape index (κ3) is 9.35. The highest BCUT2D eigenvalue weighted by molar-refractivity contribution is 9.10. The molecule has 43 heavy (non-hydrogen) atoms. The Kier molecular flexibility index (Phi) is 12.0. The second kappa shape index (κ2) is 16.4. The molecule has 0 aliphatic heterocycles. The number of amides is 1. The second-order valence-corrected chi connectivity index (χ2v) is 10.7. The molecule has 4 rings (SSSR count). The molecule has 4 aromatic rings. The molecule has 0 saturated heterocycles. The summed E-state index contributed by atoms with van der Waals surface area (Å²) >= 11 is 3.59. The number of ether oxygens (including phenoxy) is 4. The SMILES string of the molecule is CCCCc1ccc(C(=O)N/N=C/c2cc(Br)c(OCc3ccc(OCc4ccccc4)c(OCC)c3)c(OC)c2)cc1. The Bertz CT molecular complexity index is 1510. The number of aryl methyl sites for hydroxylation is 1. The Morgan fingerprint density at radius 3 is 2.28 bits per heavy atom. The van der Waals surface area contributed by atoms with Crippen LogP contribution in [0.1, 0.15) is 59.3 Å². The van der Waals surface area contributed by atoms with Gasteiger partial charge in [-0.25, -0.2) is 5.43 Å². The molecular formula is C35H37BrN2O5. The average molecular weight is 646 g/mol. The van der Waals surface area contributed by atoms with Crippen LogP contribution in [0.4, 0.5) is 0 Å². The summed E-state index contributed by atoms with van der Waals surface area (Å²) in [4.78, 5) is 12.5. The Morgan fingerprint density at radius 1 is 0.814 bits per heavy atom. The van der Waals surface area contributed by atoms with Crippen molar-refractivity contribution in [3.8, 4) is 23.0 Å². The van der Waals surface area contributed by atoms with Crippen LogP contribution in [0.25, 0.3) is 0 Å². The summed E-state index contributed by atoms with van der Waals surface area (Å²) in [6.07, 6.45) is 4.84. The summed E-state index contributed by atoms with van der Waals surface area (Å²) in [6.45, 7) is 5.35. The van der Waals surface area contributed by atoms with Crippen LogP contribution in [0.2, 0.25) is 0 Å². The number of carbonyl (C=O) groups excluding carboxylic acids is 1. The number of hydrogen-bond acceptors (Lipinski definition) is 6. The van der Waals surface area contributed by atoms with Gasteiger partial charge in [-0.2, -0.15) is 5.10 Å². The molecule has 0 aromatic heterocycles. The Labute approximate surface area is 262 Å². The van der Waals surface area contributed by atoms with E-state index in [0.717, 1.165) is 36.0 Å². The maximum absolute atomic E-state index is 12.5. The number of halogens is 1. The van der Waals surface area contributed by atoms with Gasteiger partial charge in [0.25, 0.3) is 5.91 Å². The van der Waals surface area contributed by atoms with Crippen molar-refractivity contribution in [2.45, 2.75) is 46.3 Å². The zero-order chi connectivity index (χ0) is 30.4. The minimum atomic E-state index is -0.271. The van der Waals surface area contributed by atoms with Crippen molar-refractivity contribution < 1.29 is 23.7 Å². The molecule has 4 aromatic carbocycles. The molecule has 224 valence electrons. The van der Waals surface area contributed by atoms with Gasteiger partial charge >= 0.3 is 0 Å². The number of benzene rings is 4. The Morgan fingerprint density at radius 2 is 1.56 bits per heavy atom. The highest BCUT2D eigenvalue weighted by Crippen LogP contribution is 2.37. The van der Waals surface area contributed by atoms with Gasteiger partial charge in [-0.15, -0.1) is 0 Å². The molecule has 0 unspecified atom stereocenters. The minimum Gasteiger partial charge on any atom is -0.493 e. The van der Waals surface area contributed by atoms with Gasteiger partial charge in [0.2, 0.25) is 0 Å². The van der Waals surface area contributed by atoms with E-state index in [1.165, 1.54) is 5.56 Å². The van der Waals surface area contributed by atoms with E-state index in [9.17, 15) is 4.79 Å². The molecule has 0 fully saturated rings. The van der Waals surface area contributed by atoms with Crippen LogP contribution in [0.3, 0.4) is 0 Å². The highest BCUT2D eigenvalue weighted by Gasteiger charge is 2.14. The first kappa shape index (κ1) is 31.6. The quantitative estimate of drug-likeness (QED) is 0.104. The summed E-state index contributed by atoms with van der Waals surface area (Å²) in [5.74, 6) is 2.14. The molecule has 0 spiro atoms. The number of hydrazone groups is 1. The van der Waals surface area contributed by atoms with Crippen molar-refractivity contribution in [3.63, 3.8) is 0 Å². The molecule has 0 aliphatic carbocycles. The van der Waals surface area contributed by atoms with E-state index in [1.54, 1.807) is 19.4 Å². The molecular weight excluding hydrogens is 608 g/mol. The fourth-order valence-corrected chi connectivity index (χ4v) is 4.88. The van der Waals surface area contributed by atoms with Crippen molar-refractivity contribution in [2.75, 3.05) is 13.7 Å². The van der Waals surface area contributed by atoms with Gasteiger partial charge in [0.1, 0.15) is 13.2 Å². The van der Waals surface area contributed by atoms with Crippen LogP contribution >= 0.6 is 15.9 Å². The molecule has 8 heteroatoms. The zero-order valence-corrected chi connectivity index (χ0v) is 26.4. The highest BCUT2D eigenvalue weighted by atomic mass is 79.9. The van der Waals surface area contributed by atoms with Gasteiger partial charge in [0, 0.05) is 5.56 Å². The lowest BCUT2D eigenvalue weighted by molar-refractivity contribution is 0.0955. The van der Waals surface area contributed by atoms with Gasteiger partial charge in [0.15, 0.2) is 23.0 Å². The third-order valence-corrected chi connectivity index (χ3v) is 7.18. The number of methoxy groups -OCH3 is 1. The molecule has 0 bridgehead atoms. The molecule has 0 aliphatic rings. The van der Waals surface area contributed by atoms with Gasteiger partial charge in [0.05, 0.1) is 24.4 Å². The number of nitrogens with one attached hydrogen (secondary N) is 1. The Hall–Kier alpha value is -4.30. The number of rotatable bonds is 15. The van der Waals surface area contributed by atoms with E-state index < -0.39 is 0 Å².